The molecule has 1 fully saturated rings. The van der Waals surface area contributed by atoms with Gasteiger partial charge in [0.2, 0.25) is 11.7 Å². The molecule has 1 aliphatic rings. The van der Waals surface area contributed by atoms with Gasteiger partial charge in [-0.3, -0.25) is 4.90 Å². The number of ether oxygens (including phenoxy) is 1. The summed E-state index contributed by atoms with van der Waals surface area (Å²) in [6.45, 7) is 6.49. The summed E-state index contributed by atoms with van der Waals surface area (Å²) in [5.74, 6) is 1.85. The monoisotopic (exact) mass is 410 g/mol. The summed E-state index contributed by atoms with van der Waals surface area (Å²) in [5, 5.41) is 13.1. The van der Waals surface area contributed by atoms with E-state index in [-0.39, 0.29) is 10.6 Å². The number of rotatable bonds is 7. The Morgan fingerprint density at radius 1 is 1.10 bits per heavy atom. The Balaban J connectivity index is 1.35. The molecule has 1 aliphatic heterocycles. The summed E-state index contributed by atoms with van der Waals surface area (Å²) < 4.78 is 11.1. The Morgan fingerprint density at radius 3 is 2.53 bits per heavy atom. The predicted molar refractivity (Wildman–Crippen MR) is 110 cm³/mol. The van der Waals surface area contributed by atoms with Crippen LogP contribution in [0, 0.1) is 4.91 Å². The Hall–Kier alpha value is -3.46. The fourth-order valence-electron chi connectivity index (χ4n) is 3.51. The molecule has 9 nitrogen and oxygen atoms in total. The van der Waals surface area contributed by atoms with Crippen molar-refractivity contribution >= 4 is 11.4 Å². The van der Waals surface area contributed by atoms with Crippen molar-refractivity contribution in [1.29, 1.82) is 0 Å². The lowest BCUT2D eigenvalue weighted by Crippen LogP contribution is -2.46. The maximum absolute atomic E-state index is 10.9. The van der Waals surface area contributed by atoms with E-state index in [0.29, 0.717) is 24.9 Å². The molecule has 0 atom stereocenters. The standard InChI is InChI=1S/C21H24N5O4/c1-2-29-19-6-4-3-5-18(19)21-22-20(30-23-21)15-24-11-13-25(14-12-24)16-7-9-17(10-8-16)26(27)28/h3-10H,2,11-15H2,1H3,(H,27,28)/q+1. The molecule has 0 amide bonds. The molecule has 0 bridgehead atoms. The first kappa shape index (κ1) is 19.8. The normalized spacial score (nSPS) is 14.6. The molecule has 0 spiro atoms. The van der Waals surface area contributed by atoms with Gasteiger partial charge < -0.3 is 14.2 Å². The van der Waals surface area contributed by atoms with Crippen LogP contribution in [0.25, 0.3) is 11.4 Å². The SMILES string of the molecule is CCOc1ccccc1-c1noc(CN2CCN(c3ccc([N+](=O)O)cc3)CC2)n1. The lowest BCUT2D eigenvalue weighted by atomic mass is 10.2. The summed E-state index contributed by atoms with van der Waals surface area (Å²) in [6.07, 6.45) is 0. The van der Waals surface area contributed by atoms with Crippen molar-refractivity contribution in [2.24, 2.45) is 0 Å². The third kappa shape index (κ3) is 4.41. The molecule has 0 radical (unpaired) electrons. The van der Waals surface area contributed by atoms with E-state index in [1.54, 1.807) is 12.1 Å². The molecule has 0 aliphatic carbocycles. The zero-order chi connectivity index (χ0) is 20.9. The highest BCUT2D eigenvalue weighted by Gasteiger charge is 2.21. The second-order valence-electron chi connectivity index (χ2n) is 6.99. The van der Waals surface area contributed by atoms with E-state index in [2.05, 4.69) is 19.9 Å². The van der Waals surface area contributed by atoms with Gasteiger partial charge in [-0.1, -0.05) is 17.3 Å². The lowest BCUT2D eigenvalue weighted by molar-refractivity contribution is -0.729. The minimum Gasteiger partial charge on any atom is -0.493 e. The third-order valence-electron chi connectivity index (χ3n) is 5.06. The summed E-state index contributed by atoms with van der Waals surface area (Å²) in [6, 6.07) is 14.6. The van der Waals surface area contributed by atoms with Crippen molar-refractivity contribution in [3.63, 3.8) is 0 Å². The first-order valence-corrected chi connectivity index (χ1v) is 9.92. The van der Waals surface area contributed by atoms with Gasteiger partial charge in [0, 0.05) is 44.0 Å². The summed E-state index contributed by atoms with van der Waals surface area (Å²) in [5.41, 5.74) is 2.06. The predicted octanol–water partition coefficient (Wildman–Crippen LogP) is 3.26. The van der Waals surface area contributed by atoms with E-state index in [9.17, 15) is 4.91 Å². The zero-order valence-electron chi connectivity index (χ0n) is 16.8. The molecule has 0 unspecified atom stereocenters. The molecule has 1 N–H and O–H groups in total. The van der Waals surface area contributed by atoms with Crippen LogP contribution in [0.4, 0.5) is 11.4 Å². The Labute approximate surface area is 174 Å². The number of hydrogen-bond donors (Lipinski definition) is 1. The van der Waals surface area contributed by atoms with Gasteiger partial charge in [0.1, 0.15) is 5.75 Å². The largest absolute Gasteiger partial charge is 0.493 e. The highest BCUT2D eigenvalue weighted by Crippen LogP contribution is 2.28. The number of aromatic nitrogens is 2. The first-order valence-electron chi connectivity index (χ1n) is 9.92. The fraction of sp³-hybridized carbons (Fsp3) is 0.333. The van der Waals surface area contributed by atoms with E-state index in [1.165, 1.54) is 0 Å². The molecule has 4 rings (SSSR count). The molecular weight excluding hydrogens is 386 g/mol. The minimum absolute atomic E-state index is 0.132. The molecule has 0 saturated carbocycles. The van der Waals surface area contributed by atoms with Gasteiger partial charge in [-0.05, 0) is 31.2 Å². The van der Waals surface area contributed by atoms with Crippen LogP contribution in [0.1, 0.15) is 12.8 Å². The lowest BCUT2D eigenvalue weighted by Gasteiger charge is -2.35. The Bertz CT molecular complexity index is 997. The molecule has 156 valence electrons. The van der Waals surface area contributed by atoms with E-state index in [4.69, 9.17) is 14.5 Å². The van der Waals surface area contributed by atoms with E-state index in [1.807, 2.05) is 43.3 Å². The fourth-order valence-corrected chi connectivity index (χ4v) is 3.51. The van der Waals surface area contributed by atoms with Crippen molar-refractivity contribution in [3.8, 4) is 17.1 Å². The van der Waals surface area contributed by atoms with Crippen molar-refractivity contribution in [3.05, 3.63) is 59.3 Å². The second-order valence-corrected chi connectivity index (χ2v) is 6.99. The molecule has 1 aromatic heterocycles. The average molecular weight is 410 g/mol. The average Bonchev–Trinajstić information content (AvgIpc) is 3.23. The molecule has 2 heterocycles. The van der Waals surface area contributed by atoms with Crippen molar-refractivity contribution in [1.82, 2.24) is 15.0 Å². The van der Waals surface area contributed by atoms with E-state index in [0.717, 1.165) is 43.2 Å². The maximum Gasteiger partial charge on any atom is 0.316 e. The van der Waals surface area contributed by atoms with Crippen LogP contribution >= 0.6 is 0 Å². The summed E-state index contributed by atoms with van der Waals surface area (Å²) in [4.78, 5) is 19.8. The van der Waals surface area contributed by atoms with Gasteiger partial charge in [0.05, 0.1) is 23.6 Å². The number of anilines is 1. The van der Waals surface area contributed by atoms with Crippen LogP contribution in [-0.2, 0) is 6.54 Å². The molecule has 1 saturated heterocycles. The highest BCUT2D eigenvalue weighted by molar-refractivity contribution is 5.63. The van der Waals surface area contributed by atoms with Gasteiger partial charge in [-0.25, -0.2) is 5.21 Å². The Morgan fingerprint density at radius 2 is 1.83 bits per heavy atom. The van der Waals surface area contributed by atoms with Gasteiger partial charge in [0.15, 0.2) is 0 Å². The second kappa shape index (κ2) is 8.91. The van der Waals surface area contributed by atoms with Crippen LogP contribution in [0.2, 0.25) is 0 Å². The smallest absolute Gasteiger partial charge is 0.316 e. The molecular formula is C21H24N5O4+. The van der Waals surface area contributed by atoms with Crippen LogP contribution < -0.4 is 9.64 Å². The number of benzene rings is 2. The van der Waals surface area contributed by atoms with Crippen LogP contribution in [0.15, 0.2) is 53.1 Å². The number of nitrogens with zero attached hydrogens (tertiary/aromatic N) is 5. The zero-order valence-corrected chi connectivity index (χ0v) is 16.8. The van der Waals surface area contributed by atoms with Gasteiger partial charge in [-0.2, -0.15) is 4.98 Å². The first-order chi connectivity index (χ1) is 14.6. The van der Waals surface area contributed by atoms with Gasteiger partial charge in [-0.15, -0.1) is 0 Å². The van der Waals surface area contributed by atoms with Crippen molar-refractivity contribution in [2.45, 2.75) is 13.5 Å². The van der Waals surface area contributed by atoms with Gasteiger partial charge >= 0.3 is 5.69 Å². The number of para-hydroxylation sites is 1. The quantitative estimate of drug-likeness (QED) is 0.593. The Kier molecular flexibility index (Phi) is 5.89. The topological polar surface area (TPSA) is 94.9 Å². The molecule has 30 heavy (non-hydrogen) atoms. The third-order valence-corrected chi connectivity index (χ3v) is 5.06. The van der Waals surface area contributed by atoms with E-state index >= 15 is 0 Å². The highest BCUT2D eigenvalue weighted by atomic mass is 16.6. The molecule has 2 aromatic carbocycles. The summed E-state index contributed by atoms with van der Waals surface area (Å²) in [7, 11) is 0. The van der Waals surface area contributed by atoms with Crippen molar-refractivity contribution in [2.75, 3.05) is 37.7 Å². The maximum atomic E-state index is 10.9. The van der Waals surface area contributed by atoms with Crippen LogP contribution in [0.3, 0.4) is 0 Å². The number of piperazine rings is 1. The molecule has 9 heteroatoms. The van der Waals surface area contributed by atoms with Gasteiger partial charge in [0.25, 0.3) is 4.92 Å². The van der Waals surface area contributed by atoms with Crippen LogP contribution in [-0.4, -0.2) is 58.0 Å². The number of hydrogen-bond acceptors (Lipinski definition) is 7. The van der Waals surface area contributed by atoms with Crippen LogP contribution in [0.5, 0.6) is 5.75 Å². The van der Waals surface area contributed by atoms with E-state index < -0.39 is 0 Å². The molecule has 3 aromatic rings. The summed E-state index contributed by atoms with van der Waals surface area (Å²) >= 11 is 0. The van der Waals surface area contributed by atoms with Crippen molar-refractivity contribution < 1.29 is 19.4 Å². The minimum atomic E-state index is -0.132.